The maximum Gasteiger partial charge on any atom is 0.231 e. The Morgan fingerprint density at radius 1 is 1.17 bits per heavy atom. The monoisotopic (exact) mass is 411 g/mol. The summed E-state index contributed by atoms with van der Waals surface area (Å²) in [4.78, 5) is 10.6. The van der Waals surface area contributed by atoms with Crippen molar-refractivity contribution in [1.29, 1.82) is 0 Å². The quantitative estimate of drug-likeness (QED) is 0.670. The second-order valence-corrected chi connectivity index (χ2v) is 8.52. The summed E-state index contributed by atoms with van der Waals surface area (Å²) < 4.78 is 24.6. The molecule has 0 aliphatic heterocycles. The van der Waals surface area contributed by atoms with E-state index in [0.717, 1.165) is 29.3 Å². The number of anilines is 2. The van der Waals surface area contributed by atoms with Gasteiger partial charge in [-0.1, -0.05) is 19.4 Å². The highest BCUT2D eigenvalue weighted by molar-refractivity contribution is 9.10. The lowest BCUT2D eigenvalue weighted by molar-refractivity contribution is 0.597. The molecule has 0 N–H and O–H groups in total. The molecule has 130 valence electrons. The van der Waals surface area contributed by atoms with Crippen LogP contribution in [0.1, 0.15) is 31.5 Å². The minimum atomic E-state index is -3.39. The zero-order valence-electron chi connectivity index (χ0n) is 14.4. The van der Waals surface area contributed by atoms with Gasteiger partial charge < -0.3 is 4.90 Å². The van der Waals surface area contributed by atoms with Gasteiger partial charge in [0.15, 0.2) is 14.9 Å². The van der Waals surface area contributed by atoms with Crippen LogP contribution < -0.4 is 4.90 Å². The van der Waals surface area contributed by atoms with Crippen molar-refractivity contribution in [2.24, 2.45) is 0 Å². The van der Waals surface area contributed by atoms with Gasteiger partial charge in [-0.15, -0.1) is 0 Å². The molecule has 0 aliphatic rings. The number of aryl methyl sites for hydroxylation is 2. The number of hydrogen-bond donors (Lipinski definition) is 0. The summed E-state index contributed by atoms with van der Waals surface area (Å²) in [6, 6.07) is 7.69. The van der Waals surface area contributed by atoms with Gasteiger partial charge in [0.2, 0.25) is 5.95 Å². The van der Waals surface area contributed by atoms with Crippen LogP contribution in [0.4, 0.5) is 11.6 Å². The van der Waals surface area contributed by atoms with E-state index in [9.17, 15) is 8.42 Å². The first-order chi connectivity index (χ1) is 11.3. The topological polar surface area (TPSA) is 63.2 Å². The fourth-order valence-corrected chi connectivity index (χ4v) is 3.74. The third-order valence-corrected chi connectivity index (χ3v) is 5.20. The van der Waals surface area contributed by atoms with Gasteiger partial charge in [-0.3, -0.25) is 0 Å². The lowest BCUT2D eigenvalue weighted by atomic mass is 10.1. The van der Waals surface area contributed by atoms with Gasteiger partial charge >= 0.3 is 0 Å². The van der Waals surface area contributed by atoms with Crippen molar-refractivity contribution < 1.29 is 8.42 Å². The number of nitrogens with zero attached hydrogens (tertiary/aromatic N) is 3. The molecule has 0 saturated heterocycles. The van der Waals surface area contributed by atoms with Crippen LogP contribution in [-0.2, 0) is 16.3 Å². The lowest BCUT2D eigenvalue weighted by Crippen LogP contribution is -2.21. The third kappa shape index (κ3) is 4.33. The van der Waals surface area contributed by atoms with E-state index in [1.165, 1.54) is 11.6 Å². The molecule has 0 unspecified atom stereocenters. The Labute approximate surface area is 152 Å². The molecule has 0 spiro atoms. The van der Waals surface area contributed by atoms with E-state index in [-0.39, 0.29) is 5.03 Å². The molecular weight excluding hydrogens is 390 g/mol. The zero-order chi connectivity index (χ0) is 17.9. The Kier molecular flexibility index (Phi) is 5.98. The smallest absolute Gasteiger partial charge is 0.231 e. The van der Waals surface area contributed by atoms with E-state index in [4.69, 9.17) is 0 Å². The molecule has 1 aromatic heterocycles. The first-order valence-corrected chi connectivity index (χ1v) is 10.6. The fraction of sp³-hybridized carbons (Fsp3) is 0.412. The zero-order valence-corrected chi connectivity index (χ0v) is 16.8. The Balaban J connectivity index is 2.51. The van der Waals surface area contributed by atoms with Gasteiger partial charge in [0.25, 0.3) is 0 Å². The number of benzene rings is 1. The highest BCUT2D eigenvalue weighted by atomic mass is 79.9. The number of hydrogen-bond acceptors (Lipinski definition) is 5. The van der Waals surface area contributed by atoms with Crippen LogP contribution in [0.3, 0.4) is 0 Å². The molecule has 0 bridgehead atoms. The normalized spacial score (nSPS) is 11.5. The molecule has 7 heteroatoms. The predicted octanol–water partition coefficient (Wildman–Crippen LogP) is 4.06. The van der Waals surface area contributed by atoms with Crippen LogP contribution >= 0.6 is 15.9 Å². The van der Waals surface area contributed by atoms with Crippen molar-refractivity contribution in [3.8, 4) is 0 Å². The molecule has 1 heterocycles. The Hall–Kier alpha value is -1.47. The number of rotatable bonds is 6. The minimum absolute atomic E-state index is 0.0437. The highest BCUT2D eigenvalue weighted by Gasteiger charge is 2.18. The Bertz CT molecular complexity index is 838. The maximum absolute atomic E-state index is 11.9. The molecule has 0 radical (unpaired) electrons. The SMILES string of the molecule is CCCc1ccc(N(CC)c2nc(C)cc(S(C)(=O)=O)n2)c(Br)c1. The molecule has 5 nitrogen and oxygen atoms in total. The molecule has 1 aromatic carbocycles. The van der Waals surface area contributed by atoms with Gasteiger partial charge in [-0.25, -0.2) is 18.4 Å². The molecule has 0 fully saturated rings. The van der Waals surface area contributed by atoms with E-state index in [1.54, 1.807) is 6.92 Å². The Morgan fingerprint density at radius 2 is 1.88 bits per heavy atom. The number of aromatic nitrogens is 2. The van der Waals surface area contributed by atoms with Crippen molar-refractivity contribution >= 4 is 37.4 Å². The van der Waals surface area contributed by atoms with Gasteiger partial charge in [0, 0.05) is 23.0 Å². The van der Waals surface area contributed by atoms with Crippen molar-refractivity contribution in [3.05, 3.63) is 40.0 Å². The van der Waals surface area contributed by atoms with Gasteiger partial charge in [0.1, 0.15) is 0 Å². The Morgan fingerprint density at radius 3 is 2.42 bits per heavy atom. The first kappa shape index (κ1) is 18.9. The van der Waals surface area contributed by atoms with Gasteiger partial charge in [-0.05, 0) is 60.0 Å². The molecule has 0 amide bonds. The average Bonchev–Trinajstić information content (AvgIpc) is 2.49. The average molecular weight is 412 g/mol. The van der Waals surface area contributed by atoms with Crippen LogP contribution in [0.25, 0.3) is 0 Å². The standard InChI is InChI=1S/C17H22BrN3O2S/c1-5-7-13-8-9-15(14(18)11-13)21(6-2)17-19-12(3)10-16(20-17)24(4,22)23/h8-11H,5-7H2,1-4H3. The summed E-state index contributed by atoms with van der Waals surface area (Å²) in [5.41, 5.74) is 2.80. The van der Waals surface area contributed by atoms with E-state index >= 15 is 0 Å². The number of halogens is 1. The van der Waals surface area contributed by atoms with E-state index in [2.05, 4.69) is 45.0 Å². The van der Waals surface area contributed by atoms with Crippen molar-refractivity contribution in [2.45, 2.75) is 38.6 Å². The van der Waals surface area contributed by atoms with E-state index in [1.807, 2.05) is 17.9 Å². The largest absolute Gasteiger partial charge is 0.310 e. The second-order valence-electron chi connectivity index (χ2n) is 5.70. The fourth-order valence-electron chi connectivity index (χ4n) is 2.47. The van der Waals surface area contributed by atoms with Crippen LogP contribution in [0.2, 0.25) is 0 Å². The van der Waals surface area contributed by atoms with Crippen LogP contribution in [0.15, 0.2) is 33.8 Å². The number of sulfone groups is 1. The maximum atomic E-state index is 11.9. The van der Waals surface area contributed by atoms with Crippen LogP contribution in [0.5, 0.6) is 0 Å². The van der Waals surface area contributed by atoms with Crippen molar-refractivity contribution in [2.75, 3.05) is 17.7 Å². The van der Waals surface area contributed by atoms with Crippen molar-refractivity contribution in [3.63, 3.8) is 0 Å². The van der Waals surface area contributed by atoms with Crippen molar-refractivity contribution in [1.82, 2.24) is 9.97 Å². The molecule has 2 rings (SSSR count). The molecular formula is C17H22BrN3O2S. The summed E-state index contributed by atoms with van der Waals surface area (Å²) in [5.74, 6) is 0.391. The van der Waals surface area contributed by atoms with Crippen LogP contribution in [-0.4, -0.2) is 31.2 Å². The minimum Gasteiger partial charge on any atom is -0.310 e. The van der Waals surface area contributed by atoms with E-state index in [0.29, 0.717) is 18.2 Å². The van der Waals surface area contributed by atoms with Gasteiger partial charge in [-0.2, -0.15) is 0 Å². The molecule has 24 heavy (non-hydrogen) atoms. The molecule has 0 aliphatic carbocycles. The molecule has 0 atom stereocenters. The summed E-state index contributed by atoms with van der Waals surface area (Å²) in [6.45, 7) is 6.52. The van der Waals surface area contributed by atoms with E-state index < -0.39 is 9.84 Å². The van der Waals surface area contributed by atoms with Gasteiger partial charge in [0.05, 0.1) is 5.69 Å². The molecule has 2 aromatic rings. The van der Waals surface area contributed by atoms with Crippen LogP contribution in [0, 0.1) is 6.92 Å². The third-order valence-electron chi connectivity index (χ3n) is 3.60. The predicted molar refractivity (Wildman–Crippen MR) is 101 cm³/mol. The summed E-state index contributed by atoms with van der Waals surface area (Å²) >= 11 is 3.62. The molecule has 0 saturated carbocycles. The summed E-state index contributed by atoms with van der Waals surface area (Å²) in [5, 5.41) is 0.0437. The summed E-state index contributed by atoms with van der Waals surface area (Å²) in [7, 11) is -3.39. The highest BCUT2D eigenvalue weighted by Crippen LogP contribution is 2.32. The lowest BCUT2D eigenvalue weighted by Gasteiger charge is -2.23. The first-order valence-electron chi connectivity index (χ1n) is 7.88. The summed E-state index contributed by atoms with van der Waals surface area (Å²) in [6.07, 6.45) is 3.26. The second kappa shape index (κ2) is 7.61.